The molecule has 1 atom stereocenters. The van der Waals surface area contributed by atoms with Crippen molar-refractivity contribution < 1.29 is 18.3 Å². The van der Waals surface area contributed by atoms with Crippen LogP contribution in [0, 0.1) is 4.77 Å². The zero-order valence-corrected chi connectivity index (χ0v) is 16.0. The van der Waals surface area contributed by atoms with Crippen LogP contribution >= 0.6 is 12.2 Å². The lowest BCUT2D eigenvalue weighted by atomic mass is 10.1. The number of pyridine rings is 1. The number of H-pyrrole nitrogens is 1. The number of alkyl halides is 2. The van der Waals surface area contributed by atoms with Gasteiger partial charge < -0.3 is 9.47 Å². The van der Waals surface area contributed by atoms with Gasteiger partial charge in [0.25, 0.3) is 12.0 Å². The van der Waals surface area contributed by atoms with Crippen LogP contribution in [0.4, 0.5) is 8.78 Å². The van der Waals surface area contributed by atoms with Crippen LogP contribution in [-0.4, -0.2) is 21.3 Å². The van der Waals surface area contributed by atoms with Gasteiger partial charge in [0, 0.05) is 17.2 Å². The largest absolute Gasteiger partial charge is 0.454 e. The van der Waals surface area contributed by atoms with E-state index in [4.69, 9.17) is 21.7 Å². The Hall–Kier alpha value is -2.81. The number of halogens is 2. The van der Waals surface area contributed by atoms with E-state index in [0.29, 0.717) is 29.2 Å². The number of nitrogens with one attached hydrogen (secondary N) is 1. The molecule has 0 fully saturated rings. The maximum absolute atomic E-state index is 13.8. The van der Waals surface area contributed by atoms with Crippen LogP contribution in [-0.2, 0) is 0 Å². The lowest BCUT2D eigenvalue weighted by molar-refractivity contribution is 0.153. The molecule has 0 unspecified atom stereocenters. The highest BCUT2D eigenvalue weighted by atomic mass is 32.1. The maximum atomic E-state index is 13.8. The Morgan fingerprint density at radius 2 is 2.04 bits per heavy atom. The molecule has 1 aromatic carbocycles. The molecule has 0 spiro atoms. The number of benzene rings is 1. The van der Waals surface area contributed by atoms with Gasteiger partial charge in [-0.1, -0.05) is 6.92 Å². The summed E-state index contributed by atoms with van der Waals surface area (Å²) in [6, 6.07) is 6.21. The van der Waals surface area contributed by atoms with Gasteiger partial charge in [-0.2, -0.15) is 0 Å². The number of rotatable bonds is 4. The molecule has 1 N–H and O–H groups in total. The molecule has 2 aromatic heterocycles. The number of hydrogen-bond donors (Lipinski definition) is 1. The summed E-state index contributed by atoms with van der Waals surface area (Å²) in [7, 11) is 0. The Balaban J connectivity index is 2.06. The number of fused-ring (bicyclic) bond motifs is 2. The molecule has 4 rings (SSSR count). The predicted octanol–water partition coefficient (Wildman–Crippen LogP) is 4.76. The van der Waals surface area contributed by atoms with E-state index in [1.165, 1.54) is 6.07 Å². The van der Waals surface area contributed by atoms with Crippen LogP contribution in [0.5, 0.6) is 11.5 Å². The average molecular weight is 405 g/mol. The molecule has 0 bridgehead atoms. The Kier molecular flexibility index (Phi) is 4.62. The second-order valence-electron chi connectivity index (χ2n) is 6.55. The number of hydrogen-bond acceptors (Lipinski definition) is 5. The van der Waals surface area contributed by atoms with Crippen LogP contribution in [0.1, 0.15) is 38.3 Å². The number of aromatic nitrogens is 3. The first kappa shape index (κ1) is 18.5. The van der Waals surface area contributed by atoms with Crippen LogP contribution in [0.25, 0.3) is 22.3 Å². The van der Waals surface area contributed by atoms with E-state index in [2.05, 4.69) is 9.97 Å². The summed E-state index contributed by atoms with van der Waals surface area (Å²) >= 11 is 5.29. The molecule has 6 nitrogen and oxygen atoms in total. The third kappa shape index (κ3) is 2.95. The van der Waals surface area contributed by atoms with Crippen molar-refractivity contribution >= 4 is 23.3 Å². The average Bonchev–Trinajstić information content (AvgIpc) is 3.14. The molecular formula is C19H17F2N3O3S. The summed E-state index contributed by atoms with van der Waals surface area (Å²) in [5, 5.41) is -0.145. The van der Waals surface area contributed by atoms with E-state index >= 15 is 0 Å². The highest BCUT2D eigenvalue weighted by Gasteiger charge is 2.22. The maximum Gasteiger partial charge on any atom is 0.264 e. The second kappa shape index (κ2) is 6.97. The number of nitrogens with zero attached hydrogens (tertiary/aromatic N) is 2. The number of aromatic amines is 1. The van der Waals surface area contributed by atoms with Gasteiger partial charge in [-0.25, -0.2) is 13.8 Å². The van der Waals surface area contributed by atoms with Gasteiger partial charge in [0.1, 0.15) is 5.65 Å². The van der Waals surface area contributed by atoms with Crippen LogP contribution < -0.4 is 15.0 Å². The molecule has 28 heavy (non-hydrogen) atoms. The molecular weight excluding hydrogens is 388 g/mol. The lowest BCUT2D eigenvalue weighted by Crippen LogP contribution is -2.19. The van der Waals surface area contributed by atoms with E-state index < -0.39 is 12.0 Å². The van der Waals surface area contributed by atoms with Crippen molar-refractivity contribution in [2.45, 2.75) is 32.7 Å². The van der Waals surface area contributed by atoms with Gasteiger partial charge in [0.15, 0.2) is 16.3 Å². The third-order valence-electron chi connectivity index (χ3n) is 4.86. The van der Waals surface area contributed by atoms with Crippen molar-refractivity contribution in [3.8, 4) is 22.8 Å². The summed E-state index contributed by atoms with van der Waals surface area (Å²) in [5.41, 5.74) is -0.0211. The summed E-state index contributed by atoms with van der Waals surface area (Å²) < 4.78 is 40.1. The molecule has 0 aliphatic carbocycles. The van der Waals surface area contributed by atoms with E-state index in [1.54, 1.807) is 22.8 Å². The van der Waals surface area contributed by atoms with Crippen LogP contribution in [0.3, 0.4) is 0 Å². The highest BCUT2D eigenvalue weighted by molar-refractivity contribution is 7.71. The molecule has 3 heterocycles. The standard InChI is InChI=1S/C19H17F2N3O3S/c1-3-9(2)24-17-15(18(25)23-19(24)28)11(16(20)21)7-12(22-17)10-4-5-13-14(6-10)27-8-26-13/h4-7,9,16H,3,8H2,1-2H3,(H,23,25,28)/t9-/m1/s1. The Labute approximate surface area is 163 Å². The fraction of sp³-hybridized carbons (Fsp3) is 0.316. The third-order valence-corrected chi connectivity index (χ3v) is 5.16. The fourth-order valence-electron chi connectivity index (χ4n) is 3.24. The van der Waals surface area contributed by atoms with Gasteiger partial charge >= 0.3 is 0 Å². The molecule has 0 radical (unpaired) electrons. The zero-order valence-electron chi connectivity index (χ0n) is 15.2. The summed E-state index contributed by atoms with van der Waals surface area (Å²) in [5.74, 6) is 1.10. The molecule has 1 aliphatic rings. The summed E-state index contributed by atoms with van der Waals surface area (Å²) in [6.45, 7) is 3.94. The van der Waals surface area contributed by atoms with E-state index in [0.717, 1.165) is 0 Å². The minimum atomic E-state index is -2.85. The first-order valence-corrected chi connectivity index (χ1v) is 9.19. The van der Waals surface area contributed by atoms with E-state index in [9.17, 15) is 13.6 Å². The van der Waals surface area contributed by atoms with Gasteiger partial charge in [0.05, 0.1) is 11.1 Å². The van der Waals surface area contributed by atoms with Crippen molar-refractivity contribution in [1.82, 2.24) is 14.5 Å². The van der Waals surface area contributed by atoms with Crippen LogP contribution in [0.2, 0.25) is 0 Å². The van der Waals surface area contributed by atoms with Gasteiger partial charge in [0.2, 0.25) is 6.79 Å². The predicted molar refractivity (Wildman–Crippen MR) is 103 cm³/mol. The minimum Gasteiger partial charge on any atom is -0.454 e. The highest BCUT2D eigenvalue weighted by Crippen LogP contribution is 2.37. The van der Waals surface area contributed by atoms with Gasteiger partial charge in [-0.05, 0) is 49.8 Å². The first-order valence-electron chi connectivity index (χ1n) is 8.78. The summed E-state index contributed by atoms with van der Waals surface area (Å²) in [6.07, 6.45) is -2.16. The summed E-state index contributed by atoms with van der Waals surface area (Å²) in [4.78, 5) is 19.5. The minimum absolute atomic E-state index is 0.106. The molecule has 1 aliphatic heterocycles. The second-order valence-corrected chi connectivity index (χ2v) is 6.94. The van der Waals surface area contributed by atoms with Crippen molar-refractivity contribution in [2.75, 3.05) is 6.79 Å². The molecule has 0 saturated heterocycles. The Bertz CT molecular complexity index is 1190. The Morgan fingerprint density at radius 1 is 1.29 bits per heavy atom. The monoisotopic (exact) mass is 405 g/mol. The van der Waals surface area contributed by atoms with Crippen molar-refractivity contribution in [3.63, 3.8) is 0 Å². The molecule has 0 saturated carbocycles. The number of ether oxygens (including phenoxy) is 2. The molecule has 0 amide bonds. The van der Waals surface area contributed by atoms with Gasteiger partial charge in [-0.15, -0.1) is 0 Å². The Morgan fingerprint density at radius 3 is 2.75 bits per heavy atom. The zero-order chi connectivity index (χ0) is 20.0. The SMILES string of the molecule is CC[C@@H](C)n1c(=S)[nH]c(=O)c2c(C(F)F)cc(-c3ccc4c(c3)OCO4)nc21. The quantitative estimate of drug-likeness (QED) is 0.634. The van der Waals surface area contributed by atoms with Crippen molar-refractivity contribution in [1.29, 1.82) is 0 Å². The van der Waals surface area contributed by atoms with E-state index in [-0.39, 0.29) is 34.2 Å². The van der Waals surface area contributed by atoms with Gasteiger partial charge in [-0.3, -0.25) is 14.3 Å². The van der Waals surface area contributed by atoms with Crippen LogP contribution in [0.15, 0.2) is 29.1 Å². The van der Waals surface area contributed by atoms with E-state index in [1.807, 2.05) is 13.8 Å². The molecule has 9 heteroatoms. The topological polar surface area (TPSA) is 69.1 Å². The lowest BCUT2D eigenvalue weighted by Gasteiger charge is -2.18. The smallest absolute Gasteiger partial charge is 0.264 e. The normalized spacial score (nSPS) is 14.0. The van der Waals surface area contributed by atoms with Crippen molar-refractivity contribution in [3.05, 3.63) is 45.0 Å². The molecule has 146 valence electrons. The fourth-order valence-corrected chi connectivity index (χ4v) is 3.60. The first-order chi connectivity index (χ1) is 13.4. The molecule has 3 aromatic rings. The van der Waals surface area contributed by atoms with Crippen molar-refractivity contribution in [2.24, 2.45) is 0 Å².